The Morgan fingerprint density at radius 1 is 1.08 bits per heavy atom. The molecule has 2 amide bonds. The van der Waals surface area contributed by atoms with Crippen LogP contribution in [0.4, 0.5) is 4.39 Å². The highest BCUT2D eigenvalue weighted by molar-refractivity contribution is 6.01. The van der Waals surface area contributed by atoms with Crippen LogP contribution in [0.15, 0.2) is 67.2 Å². The molecule has 0 unspecified atom stereocenters. The summed E-state index contributed by atoms with van der Waals surface area (Å²) in [6, 6.07) is 13.3. The molecule has 2 aromatic carbocycles. The lowest BCUT2D eigenvalue weighted by Crippen LogP contribution is -2.59. The number of aromatic nitrogens is 3. The standard InChI is InChI=1S/C36H42FN7O4/c1-5-48-24(3)42-15-17-43(18-16-42)36(46)32-12-10-27(21-44(32)22-29-30(37)7-6-8-33(29)47-4)39-35(45)26-9-11-31-28(20-26)34(41-40-31)25-13-14-38-23(2)19-25/h6-9,11,13-14,19-20,27,32H,3,5,10,12,15-18,21-22H2,1-2,4H3,(H,39,45)(H,40,41)/t27-,32+/m1/s1. The summed E-state index contributed by atoms with van der Waals surface area (Å²) < 4.78 is 26.2. The van der Waals surface area contributed by atoms with E-state index in [1.54, 1.807) is 24.4 Å². The Labute approximate surface area is 279 Å². The van der Waals surface area contributed by atoms with E-state index in [1.807, 2.05) is 52.8 Å². The van der Waals surface area contributed by atoms with Crippen LogP contribution in [0.3, 0.4) is 0 Å². The number of nitrogens with zero attached hydrogens (tertiary/aromatic N) is 5. The van der Waals surface area contributed by atoms with Gasteiger partial charge < -0.3 is 24.6 Å². The molecular formula is C36H42FN7O4. The predicted octanol–water partition coefficient (Wildman–Crippen LogP) is 4.50. The Morgan fingerprint density at radius 2 is 1.88 bits per heavy atom. The normalized spacial score (nSPS) is 18.5. The fourth-order valence-electron chi connectivity index (χ4n) is 6.68. The monoisotopic (exact) mass is 655 g/mol. The minimum atomic E-state index is -0.474. The van der Waals surface area contributed by atoms with Gasteiger partial charge in [-0.25, -0.2) is 4.39 Å². The van der Waals surface area contributed by atoms with Gasteiger partial charge in [0.2, 0.25) is 5.91 Å². The Hall–Kier alpha value is -4.97. The van der Waals surface area contributed by atoms with Crippen LogP contribution >= 0.6 is 0 Å². The van der Waals surface area contributed by atoms with Gasteiger partial charge in [0.15, 0.2) is 5.88 Å². The Morgan fingerprint density at radius 3 is 2.62 bits per heavy atom. The van der Waals surface area contributed by atoms with E-state index in [0.717, 1.165) is 27.9 Å². The van der Waals surface area contributed by atoms with E-state index >= 15 is 4.39 Å². The van der Waals surface area contributed by atoms with E-state index in [0.29, 0.717) is 74.9 Å². The van der Waals surface area contributed by atoms with Crippen molar-refractivity contribution >= 4 is 22.7 Å². The second-order valence-electron chi connectivity index (χ2n) is 12.3. The largest absolute Gasteiger partial charge is 0.496 e. The highest BCUT2D eigenvalue weighted by Gasteiger charge is 2.38. The van der Waals surface area contributed by atoms with Gasteiger partial charge in [0, 0.05) is 79.3 Å². The van der Waals surface area contributed by atoms with Crippen molar-refractivity contribution in [3.63, 3.8) is 0 Å². The molecule has 0 spiro atoms. The second-order valence-corrected chi connectivity index (χ2v) is 12.3. The summed E-state index contributed by atoms with van der Waals surface area (Å²) in [5, 5.41) is 11.6. The average Bonchev–Trinajstić information content (AvgIpc) is 3.53. The maximum Gasteiger partial charge on any atom is 0.251 e. The van der Waals surface area contributed by atoms with Crippen LogP contribution in [0.1, 0.15) is 41.4 Å². The third-order valence-electron chi connectivity index (χ3n) is 9.21. The first kappa shape index (κ1) is 33.0. The molecule has 0 saturated carbocycles. The number of carbonyl (C=O) groups is 2. The third kappa shape index (κ3) is 6.98. The first-order valence-corrected chi connectivity index (χ1v) is 16.4. The Bertz CT molecular complexity index is 1800. The zero-order valence-electron chi connectivity index (χ0n) is 27.7. The molecule has 11 nitrogen and oxygen atoms in total. The molecule has 48 heavy (non-hydrogen) atoms. The number of carbonyl (C=O) groups excluding carboxylic acids is 2. The van der Waals surface area contributed by atoms with E-state index in [2.05, 4.69) is 27.1 Å². The number of H-pyrrole nitrogens is 1. The molecule has 6 rings (SSSR count). The number of piperidine rings is 1. The SMILES string of the molecule is C=C(OCC)N1CCN(C(=O)[C@@H]2CC[C@@H](NC(=O)c3ccc4[nH]nc(-c5ccnc(C)c5)c4c3)CN2Cc2c(F)cccc2OC)CC1. The highest BCUT2D eigenvalue weighted by atomic mass is 19.1. The minimum Gasteiger partial charge on any atom is -0.496 e. The first-order chi connectivity index (χ1) is 23.2. The fraction of sp³-hybridized carbons (Fsp3) is 0.389. The van der Waals surface area contributed by atoms with Crippen molar-refractivity contribution in [1.29, 1.82) is 0 Å². The second kappa shape index (κ2) is 14.4. The maximum atomic E-state index is 15.2. The van der Waals surface area contributed by atoms with Gasteiger partial charge in [0.05, 0.1) is 25.3 Å². The fourth-order valence-corrected chi connectivity index (χ4v) is 6.68. The van der Waals surface area contributed by atoms with Crippen LogP contribution in [0, 0.1) is 12.7 Å². The summed E-state index contributed by atoms with van der Waals surface area (Å²) >= 11 is 0. The molecule has 252 valence electrons. The van der Waals surface area contributed by atoms with Crippen LogP contribution in [-0.2, 0) is 16.1 Å². The Kier molecular flexibility index (Phi) is 9.90. The number of hydrogen-bond donors (Lipinski definition) is 2. The number of ether oxygens (including phenoxy) is 2. The molecule has 2 atom stereocenters. The van der Waals surface area contributed by atoms with Gasteiger partial charge in [0.1, 0.15) is 17.3 Å². The number of nitrogens with one attached hydrogen (secondary N) is 2. The van der Waals surface area contributed by atoms with E-state index in [9.17, 15) is 9.59 Å². The lowest BCUT2D eigenvalue weighted by molar-refractivity contribution is -0.140. The molecule has 0 aliphatic carbocycles. The number of rotatable bonds is 10. The molecule has 2 aromatic heterocycles. The molecule has 2 aliphatic heterocycles. The van der Waals surface area contributed by atoms with Gasteiger partial charge in [-0.2, -0.15) is 5.10 Å². The summed E-state index contributed by atoms with van der Waals surface area (Å²) in [7, 11) is 1.51. The molecule has 2 N–H and O–H groups in total. The molecule has 12 heteroatoms. The molecular weight excluding hydrogens is 613 g/mol. The molecule has 4 aromatic rings. The van der Waals surface area contributed by atoms with Gasteiger partial charge in [0.25, 0.3) is 5.91 Å². The number of methoxy groups -OCH3 is 1. The zero-order chi connectivity index (χ0) is 33.8. The van der Waals surface area contributed by atoms with Gasteiger partial charge in [-0.3, -0.25) is 24.6 Å². The molecule has 2 saturated heterocycles. The van der Waals surface area contributed by atoms with E-state index in [1.165, 1.54) is 13.2 Å². The topological polar surface area (TPSA) is 116 Å². The minimum absolute atomic E-state index is 0.000965. The predicted molar refractivity (Wildman–Crippen MR) is 181 cm³/mol. The lowest BCUT2D eigenvalue weighted by Gasteiger charge is -2.43. The maximum absolute atomic E-state index is 15.2. The van der Waals surface area contributed by atoms with Crippen molar-refractivity contribution in [2.45, 2.75) is 45.3 Å². The summed E-state index contributed by atoms with van der Waals surface area (Å²) in [4.78, 5) is 37.8. The van der Waals surface area contributed by atoms with E-state index in [4.69, 9.17) is 9.47 Å². The smallest absolute Gasteiger partial charge is 0.251 e. The third-order valence-corrected chi connectivity index (χ3v) is 9.21. The number of likely N-dealkylation sites (tertiary alicyclic amines) is 1. The number of aromatic amines is 1. The van der Waals surface area contributed by atoms with Gasteiger partial charge in [-0.05, 0) is 75.7 Å². The van der Waals surface area contributed by atoms with Gasteiger partial charge in [-0.15, -0.1) is 0 Å². The highest BCUT2D eigenvalue weighted by Crippen LogP contribution is 2.30. The van der Waals surface area contributed by atoms with E-state index in [-0.39, 0.29) is 24.4 Å². The van der Waals surface area contributed by atoms with Crippen molar-refractivity contribution in [3.8, 4) is 17.0 Å². The number of aryl methyl sites for hydroxylation is 1. The zero-order valence-corrected chi connectivity index (χ0v) is 27.7. The quantitative estimate of drug-likeness (QED) is 0.240. The van der Waals surface area contributed by atoms with Crippen molar-refractivity contribution in [3.05, 3.63) is 89.8 Å². The molecule has 0 bridgehead atoms. The number of benzene rings is 2. The lowest BCUT2D eigenvalue weighted by atomic mass is 9.95. The van der Waals surface area contributed by atoms with Crippen LogP contribution in [0.25, 0.3) is 22.2 Å². The first-order valence-electron chi connectivity index (χ1n) is 16.4. The number of pyridine rings is 1. The average molecular weight is 656 g/mol. The van der Waals surface area contributed by atoms with Gasteiger partial charge in [-0.1, -0.05) is 6.07 Å². The summed E-state index contributed by atoms with van der Waals surface area (Å²) in [6.45, 7) is 11.2. The van der Waals surface area contributed by atoms with E-state index < -0.39 is 11.9 Å². The number of amides is 2. The van der Waals surface area contributed by atoms with Crippen LogP contribution in [0.5, 0.6) is 5.75 Å². The van der Waals surface area contributed by atoms with Crippen molar-refractivity contribution in [2.24, 2.45) is 0 Å². The molecule has 0 radical (unpaired) electrons. The van der Waals surface area contributed by atoms with Crippen molar-refractivity contribution in [1.82, 2.24) is 35.2 Å². The summed E-state index contributed by atoms with van der Waals surface area (Å²) in [5.74, 6) is 0.414. The number of hydrogen-bond acceptors (Lipinski definition) is 8. The molecule has 2 aliphatic rings. The van der Waals surface area contributed by atoms with Crippen molar-refractivity contribution < 1.29 is 23.5 Å². The van der Waals surface area contributed by atoms with Crippen molar-refractivity contribution in [2.75, 3.05) is 46.4 Å². The number of fused-ring (bicyclic) bond motifs is 1. The molecule has 4 heterocycles. The molecule has 2 fully saturated rings. The number of piperazine rings is 1. The van der Waals surface area contributed by atoms with Crippen LogP contribution < -0.4 is 10.1 Å². The van der Waals surface area contributed by atoms with Crippen LogP contribution in [0.2, 0.25) is 0 Å². The summed E-state index contributed by atoms with van der Waals surface area (Å²) in [5.41, 5.74) is 4.24. The number of halogens is 1. The summed E-state index contributed by atoms with van der Waals surface area (Å²) in [6.07, 6.45) is 2.85. The Balaban J connectivity index is 1.19. The van der Waals surface area contributed by atoms with Gasteiger partial charge >= 0.3 is 0 Å². The van der Waals surface area contributed by atoms with Crippen LogP contribution in [-0.4, -0.2) is 100 Å².